The lowest BCUT2D eigenvalue weighted by Crippen LogP contribution is -2.33. The van der Waals surface area contributed by atoms with Gasteiger partial charge in [0.05, 0.1) is 6.54 Å². The van der Waals surface area contributed by atoms with Gasteiger partial charge in [0.2, 0.25) is 0 Å². The van der Waals surface area contributed by atoms with Crippen LogP contribution in [0.1, 0.15) is 33.1 Å². The van der Waals surface area contributed by atoms with E-state index < -0.39 is 0 Å². The van der Waals surface area contributed by atoms with Crippen molar-refractivity contribution < 1.29 is 0 Å². The molecular formula is C11H19N. The van der Waals surface area contributed by atoms with Crippen LogP contribution >= 0.6 is 0 Å². The van der Waals surface area contributed by atoms with Crippen LogP contribution in [0.25, 0.3) is 0 Å². The third-order valence-corrected chi connectivity index (χ3v) is 2.88. The summed E-state index contributed by atoms with van der Waals surface area (Å²) in [6, 6.07) is 0.765. The molecule has 0 aromatic rings. The van der Waals surface area contributed by atoms with E-state index in [1.807, 2.05) is 0 Å². The zero-order chi connectivity index (χ0) is 8.97. The van der Waals surface area contributed by atoms with Crippen LogP contribution in [0, 0.1) is 18.3 Å². The van der Waals surface area contributed by atoms with Crippen molar-refractivity contribution in [2.75, 3.05) is 13.1 Å². The van der Waals surface area contributed by atoms with E-state index in [0.29, 0.717) is 0 Å². The van der Waals surface area contributed by atoms with Gasteiger partial charge in [-0.25, -0.2) is 0 Å². The van der Waals surface area contributed by atoms with E-state index >= 15 is 0 Å². The molecule has 0 aliphatic heterocycles. The van der Waals surface area contributed by atoms with Crippen LogP contribution in [-0.2, 0) is 0 Å². The average Bonchev–Trinajstić information content (AvgIpc) is 2.47. The second kappa shape index (κ2) is 4.52. The molecule has 2 atom stereocenters. The van der Waals surface area contributed by atoms with Crippen LogP contribution in [0.5, 0.6) is 0 Å². The Labute approximate surface area is 76.1 Å². The zero-order valence-electron chi connectivity index (χ0n) is 8.21. The average molecular weight is 165 g/mol. The molecule has 0 N–H and O–H groups in total. The molecule has 1 aliphatic carbocycles. The predicted octanol–water partition coefficient (Wildman–Crippen LogP) is 2.13. The maximum Gasteiger partial charge on any atom is 0.0601 e. The Bertz CT molecular complexity index is 168. The van der Waals surface area contributed by atoms with Gasteiger partial charge in [-0.1, -0.05) is 19.8 Å². The third kappa shape index (κ3) is 2.25. The lowest BCUT2D eigenvalue weighted by molar-refractivity contribution is 0.231. The zero-order valence-corrected chi connectivity index (χ0v) is 8.21. The molecule has 0 spiro atoms. The van der Waals surface area contributed by atoms with E-state index in [4.69, 9.17) is 6.42 Å². The Morgan fingerprint density at radius 2 is 2.25 bits per heavy atom. The molecule has 1 nitrogen and oxygen atoms in total. The van der Waals surface area contributed by atoms with Crippen molar-refractivity contribution in [1.82, 2.24) is 4.90 Å². The predicted molar refractivity (Wildman–Crippen MR) is 52.9 cm³/mol. The van der Waals surface area contributed by atoms with Gasteiger partial charge in [-0.2, -0.15) is 0 Å². The van der Waals surface area contributed by atoms with E-state index in [2.05, 4.69) is 24.7 Å². The summed E-state index contributed by atoms with van der Waals surface area (Å²) in [7, 11) is 0. The molecule has 0 bridgehead atoms. The Morgan fingerprint density at radius 1 is 1.50 bits per heavy atom. The molecule has 0 radical (unpaired) electrons. The molecule has 1 aliphatic rings. The molecule has 0 aromatic heterocycles. The van der Waals surface area contributed by atoms with Gasteiger partial charge in [0, 0.05) is 6.04 Å². The summed E-state index contributed by atoms with van der Waals surface area (Å²) >= 11 is 0. The number of terminal acetylenes is 1. The van der Waals surface area contributed by atoms with Crippen molar-refractivity contribution in [3.63, 3.8) is 0 Å². The quantitative estimate of drug-likeness (QED) is 0.579. The number of hydrogen-bond donors (Lipinski definition) is 0. The molecule has 68 valence electrons. The number of nitrogens with zero attached hydrogens (tertiary/aromatic N) is 1. The van der Waals surface area contributed by atoms with Crippen LogP contribution in [0.15, 0.2) is 0 Å². The van der Waals surface area contributed by atoms with E-state index in [9.17, 15) is 0 Å². The second-order valence-corrected chi connectivity index (χ2v) is 3.84. The monoisotopic (exact) mass is 165 g/mol. The van der Waals surface area contributed by atoms with Gasteiger partial charge in [0.15, 0.2) is 0 Å². The summed E-state index contributed by atoms with van der Waals surface area (Å²) < 4.78 is 0. The SMILES string of the molecule is C#CCN(CC)C1CCC(C)C1. The van der Waals surface area contributed by atoms with Crippen molar-refractivity contribution in [2.45, 2.75) is 39.2 Å². The van der Waals surface area contributed by atoms with Gasteiger partial charge in [0.25, 0.3) is 0 Å². The fourth-order valence-corrected chi connectivity index (χ4v) is 2.13. The van der Waals surface area contributed by atoms with Crippen molar-refractivity contribution in [3.8, 4) is 12.3 Å². The Kier molecular flexibility index (Phi) is 3.62. The van der Waals surface area contributed by atoms with Gasteiger partial charge in [-0.05, 0) is 31.7 Å². The van der Waals surface area contributed by atoms with Crippen molar-refractivity contribution >= 4 is 0 Å². The molecule has 0 saturated heterocycles. The maximum absolute atomic E-state index is 5.32. The maximum atomic E-state index is 5.32. The van der Waals surface area contributed by atoms with Crippen LogP contribution in [-0.4, -0.2) is 24.0 Å². The summed E-state index contributed by atoms with van der Waals surface area (Å²) in [6.07, 6.45) is 9.38. The summed E-state index contributed by atoms with van der Waals surface area (Å²) in [5, 5.41) is 0. The summed E-state index contributed by atoms with van der Waals surface area (Å²) in [5.74, 6) is 3.64. The summed E-state index contributed by atoms with van der Waals surface area (Å²) in [6.45, 7) is 6.46. The Hall–Kier alpha value is -0.480. The van der Waals surface area contributed by atoms with Gasteiger partial charge >= 0.3 is 0 Å². The highest BCUT2D eigenvalue weighted by Crippen LogP contribution is 2.28. The highest BCUT2D eigenvalue weighted by atomic mass is 15.1. The van der Waals surface area contributed by atoms with E-state index in [-0.39, 0.29) is 0 Å². The molecular weight excluding hydrogens is 146 g/mol. The van der Waals surface area contributed by atoms with E-state index in [0.717, 1.165) is 25.0 Å². The van der Waals surface area contributed by atoms with Gasteiger partial charge in [0.1, 0.15) is 0 Å². The van der Waals surface area contributed by atoms with Gasteiger partial charge < -0.3 is 0 Å². The first kappa shape index (κ1) is 9.61. The van der Waals surface area contributed by atoms with Gasteiger partial charge in [-0.15, -0.1) is 6.42 Å². The van der Waals surface area contributed by atoms with Crippen molar-refractivity contribution in [2.24, 2.45) is 5.92 Å². The number of rotatable bonds is 3. The van der Waals surface area contributed by atoms with Crippen LogP contribution < -0.4 is 0 Å². The summed E-state index contributed by atoms with van der Waals surface area (Å²) in [5.41, 5.74) is 0. The fourth-order valence-electron chi connectivity index (χ4n) is 2.13. The molecule has 1 rings (SSSR count). The first-order valence-corrected chi connectivity index (χ1v) is 4.95. The molecule has 0 aromatic carbocycles. The highest BCUT2D eigenvalue weighted by Gasteiger charge is 2.25. The first-order valence-electron chi connectivity index (χ1n) is 4.95. The molecule has 0 heterocycles. The normalized spacial score (nSPS) is 29.2. The highest BCUT2D eigenvalue weighted by molar-refractivity contribution is 4.91. The van der Waals surface area contributed by atoms with E-state index in [1.54, 1.807) is 0 Å². The van der Waals surface area contributed by atoms with Gasteiger partial charge in [-0.3, -0.25) is 4.90 Å². The van der Waals surface area contributed by atoms with Crippen LogP contribution in [0.2, 0.25) is 0 Å². The van der Waals surface area contributed by atoms with E-state index in [1.165, 1.54) is 19.3 Å². The topological polar surface area (TPSA) is 3.24 Å². The molecule has 2 unspecified atom stereocenters. The minimum atomic E-state index is 0.765. The standard InChI is InChI=1S/C11H19N/c1-4-8-12(5-2)11-7-6-10(3)9-11/h1,10-11H,5-9H2,2-3H3. The van der Waals surface area contributed by atoms with Crippen LogP contribution in [0.3, 0.4) is 0 Å². The molecule has 12 heavy (non-hydrogen) atoms. The Balaban J connectivity index is 2.39. The third-order valence-electron chi connectivity index (χ3n) is 2.88. The lowest BCUT2D eigenvalue weighted by Gasteiger charge is -2.25. The molecule has 1 fully saturated rings. The minimum absolute atomic E-state index is 0.765. The molecule has 1 heteroatoms. The smallest absolute Gasteiger partial charge is 0.0601 e. The fraction of sp³-hybridized carbons (Fsp3) is 0.818. The molecule has 0 amide bonds. The van der Waals surface area contributed by atoms with Crippen molar-refractivity contribution in [1.29, 1.82) is 0 Å². The largest absolute Gasteiger partial charge is 0.290 e. The first-order chi connectivity index (χ1) is 5.77. The number of hydrogen-bond acceptors (Lipinski definition) is 1. The van der Waals surface area contributed by atoms with Crippen molar-refractivity contribution in [3.05, 3.63) is 0 Å². The lowest BCUT2D eigenvalue weighted by atomic mass is 10.1. The second-order valence-electron chi connectivity index (χ2n) is 3.84. The van der Waals surface area contributed by atoms with Crippen LogP contribution in [0.4, 0.5) is 0 Å². The molecule has 1 saturated carbocycles. The minimum Gasteiger partial charge on any atom is -0.290 e. The Morgan fingerprint density at radius 3 is 2.67 bits per heavy atom. The summed E-state index contributed by atoms with van der Waals surface area (Å²) in [4.78, 5) is 2.42.